The summed E-state index contributed by atoms with van der Waals surface area (Å²) >= 11 is 12.1. The minimum Gasteiger partial charge on any atom is -0.543 e. The van der Waals surface area contributed by atoms with E-state index in [-0.39, 0.29) is 11.9 Å². The van der Waals surface area contributed by atoms with E-state index in [9.17, 15) is 4.79 Å². The lowest BCUT2D eigenvalue weighted by atomic mass is 9.81. The maximum absolute atomic E-state index is 12.1. The minimum atomic E-state index is -0.0358. The van der Waals surface area contributed by atoms with E-state index >= 15 is 0 Å². The zero-order chi connectivity index (χ0) is 17.5. The summed E-state index contributed by atoms with van der Waals surface area (Å²) < 4.78 is 5.03. The van der Waals surface area contributed by atoms with Crippen LogP contribution in [0.4, 0.5) is 0 Å². The summed E-state index contributed by atoms with van der Waals surface area (Å²) in [7, 11) is 1.50. The maximum Gasteiger partial charge on any atom is 0.325 e. The number of hydrogen-bond acceptors (Lipinski definition) is 3. The van der Waals surface area contributed by atoms with E-state index in [0.29, 0.717) is 16.0 Å². The van der Waals surface area contributed by atoms with Crippen LogP contribution in [0.2, 0.25) is 10.0 Å². The second-order valence-corrected chi connectivity index (χ2v) is 7.45. The van der Waals surface area contributed by atoms with Gasteiger partial charge in [0.1, 0.15) is 0 Å². The fourth-order valence-corrected chi connectivity index (χ4v) is 3.85. The molecule has 1 unspecified atom stereocenters. The van der Waals surface area contributed by atoms with E-state index in [2.05, 4.69) is 11.8 Å². The zero-order valence-corrected chi connectivity index (χ0v) is 16.1. The van der Waals surface area contributed by atoms with Crippen molar-refractivity contribution in [3.8, 4) is 0 Å². The minimum absolute atomic E-state index is 0.0358. The van der Waals surface area contributed by atoms with Gasteiger partial charge in [0.15, 0.2) is 0 Å². The number of hydrogen-bond donors (Lipinski definition) is 0. The molecule has 1 aliphatic heterocycles. The summed E-state index contributed by atoms with van der Waals surface area (Å²) in [5.41, 5.74) is 1.18. The van der Waals surface area contributed by atoms with Crippen molar-refractivity contribution in [2.75, 3.05) is 13.1 Å². The summed E-state index contributed by atoms with van der Waals surface area (Å²) in [5.74, 6) is 0.461. The third-order valence-corrected chi connectivity index (χ3v) is 5.70. The van der Waals surface area contributed by atoms with Gasteiger partial charge in [0, 0.05) is 6.54 Å². The van der Waals surface area contributed by atoms with E-state index < -0.39 is 0 Å². The molecule has 0 radical (unpaired) electrons. The Morgan fingerprint density at radius 2 is 2.04 bits per heavy atom. The summed E-state index contributed by atoms with van der Waals surface area (Å²) in [4.78, 5) is 14.5. The molecule has 0 N–H and O–H groups in total. The van der Waals surface area contributed by atoms with Gasteiger partial charge in [-0.05, 0) is 56.0 Å². The normalized spacial score (nSPS) is 17.6. The predicted octanol–water partition coefficient (Wildman–Crippen LogP) is 4.10. The van der Waals surface area contributed by atoms with Crippen molar-refractivity contribution in [1.29, 1.82) is 0 Å². The Hall–Kier alpha value is -0.705. The van der Waals surface area contributed by atoms with Gasteiger partial charge in [0.25, 0.3) is 5.97 Å². The number of unbranched alkanes of at least 4 members (excludes halogenated alkanes) is 1. The quantitative estimate of drug-likeness (QED) is 0.677. The molecule has 0 aliphatic carbocycles. The number of piperidine rings is 1. The molecule has 132 valence electrons. The number of likely N-dealkylation sites (tertiary alicyclic amines) is 1. The second kappa shape index (κ2) is 9.69. The molecule has 1 heterocycles. The van der Waals surface area contributed by atoms with Gasteiger partial charge < -0.3 is 4.65 Å². The third-order valence-electron chi connectivity index (χ3n) is 4.96. The maximum atomic E-state index is 12.1. The molecule has 1 atom stereocenters. The average molecular weight is 370 g/mol. The topological polar surface area (TPSA) is 29.5 Å². The van der Waals surface area contributed by atoms with Crippen LogP contribution in [0.25, 0.3) is 0 Å². The van der Waals surface area contributed by atoms with Crippen LogP contribution in [0.1, 0.15) is 44.6 Å². The number of benzene rings is 1. The van der Waals surface area contributed by atoms with Gasteiger partial charge >= 0.3 is 8.05 Å². The number of carbonyl (C=O) groups is 1. The Morgan fingerprint density at radius 3 is 2.62 bits per heavy atom. The van der Waals surface area contributed by atoms with Crippen molar-refractivity contribution < 1.29 is 9.45 Å². The number of carbonyl (C=O) groups excluding carboxylic acids is 1. The van der Waals surface area contributed by atoms with Crippen molar-refractivity contribution in [3.63, 3.8) is 0 Å². The number of rotatable bonds is 7. The Balaban J connectivity index is 1.89. The molecular weight excluding hydrogens is 344 g/mol. The molecule has 1 aromatic carbocycles. The highest BCUT2D eigenvalue weighted by Crippen LogP contribution is 2.31. The molecule has 0 spiro atoms. The van der Waals surface area contributed by atoms with E-state index in [1.165, 1.54) is 13.6 Å². The lowest BCUT2D eigenvalue weighted by molar-refractivity contribution is -0.141. The molecule has 1 aromatic rings. The first kappa shape index (κ1) is 19.6. The summed E-state index contributed by atoms with van der Waals surface area (Å²) in [5, 5.41) is 1.20. The molecule has 1 saturated heterocycles. The molecule has 2 rings (SSSR count). The first-order valence-corrected chi connectivity index (χ1v) is 9.54. The number of nitrogens with zero attached hydrogens (tertiary/aromatic N) is 1. The Bertz CT molecular complexity index is 548. The van der Waals surface area contributed by atoms with Crippen LogP contribution in [-0.2, 0) is 16.0 Å². The predicted molar refractivity (Wildman–Crippen MR) is 102 cm³/mol. The van der Waals surface area contributed by atoms with Crippen LogP contribution in [0.15, 0.2) is 18.2 Å². The largest absolute Gasteiger partial charge is 0.543 e. The van der Waals surface area contributed by atoms with Crippen LogP contribution in [-0.4, -0.2) is 32.0 Å². The third kappa shape index (κ3) is 5.40. The molecule has 3 nitrogen and oxygen atoms in total. The molecule has 6 heteroatoms. The molecule has 1 fully saturated rings. The molecule has 0 amide bonds. The Morgan fingerprint density at radius 1 is 1.33 bits per heavy atom. The zero-order valence-electron chi connectivity index (χ0n) is 14.6. The van der Waals surface area contributed by atoms with Gasteiger partial charge in [-0.25, -0.2) is 0 Å². The smallest absolute Gasteiger partial charge is 0.325 e. The molecule has 0 bridgehead atoms. The first-order chi connectivity index (χ1) is 11.5. The van der Waals surface area contributed by atoms with Crippen molar-refractivity contribution in [1.82, 2.24) is 4.90 Å². The number of halogens is 2. The van der Waals surface area contributed by atoms with Crippen LogP contribution in [0.5, 0.6) is 0 Å². The van der Waals surface area contributed by atoms with Crippen molar-refractivity contribution in [2.24, 2.45) is 11.8 Å². The van der Waals surface area contributed by atoms with Crippen molar-refractivity contribution in [2.45, 2.75) is 45.6 Å². The van der Waals surface area contributed by atoms with Crippen molar-refractivity contribution in [3.05, 3.63) is 33.8 Å². The summed E-state index contributed by atoms with van der Waals surface area (Å²) in [6.07, 6.45) is 5.24. The van der Waals surface area contributed by atoms with Gasteiger partial charge in [-0.2, -0.15) is 0 Å². The van der Waals surface area contributed by atoms with Gasteiger partial charge in [0.2, 0.25) is 0 Å². The molecule has 0 saturated carbocycles. The Kier molecular flexibility index (Phi) is 7.92. The van der Waals surface area contributed by atoms with Gasteiger partial charge in [-0.3, -0.25) is 9.69 Å². The first-order valence-electron chi connectivity index (χ1n) is 8.79. The van der Waals surface area contributed by atoms with Crippen LogP contribution < -0.4 is 0 Å². The van der Waals surface area contributed by atoms with E-state index in [0.717, 1.165) is 51.7 Å². The lowest BCUT2D eigenvalue weighted by Gasteiger charge is -2.35. The van der Waals surface area contributed by atoms with E-state index in [1.54, 1.807) is 0 Å². The fourth-order valence-electron chi connectivity index (χ4n) is 3.53. The second-order valence-electron chi connectivity index (χ2n) is 6.63. The van der Waals surface area contributed by atoms with E-state index in [4.69, 9.17) is 27.9 Å². The van der Waals surface area contributed by atoms with Crippen molar-refractivity contribution >= 4 is 37.2 Å². The summed E-state index contributed by atoms with van der Waals surface area (Å²) in [6, 6.07) is 5.82. The SMILES string of the molecule is BOC(=O)C(CCCC)C1CCN(Cc2ccc(Cl)c(Cl)c2)CC1. The highest BCUT2D eigenvalue weighted by Gasteiger charge is 2.31. The van der Waals surface area contributed by atoms with Crippen LogP contribution >= 0.6 is 23.2 Å². The average Bonchev–Trinajstić information content (AvgIpc) is 2.59. The standard InChI is InChI=1S/C18H26BCl2NO2/c1-2-3-4-15(18(23)24-19)14-7-9-22(10-8-14)12-13-5-6-16(20)17(21)11-13/h5-6,11,14-15H,2-4,7-10,12,19H2,1H3. The molecule has 24 heavy (non-hydrogen) atoms. The lowest BCUT2D eigenvalue weighted by Crippen LogP contribution is -2.38. The molecular formula is C18H26BCl2NO2. The Labute approximate surface area is 156 Å². The van der Waals surface area contributed by atoms with E-state index in [1.807, 2.05) is 18.2 Å². The van der Waals surface area contributed by atoms with Gasteiger partial charge in [-0.15, -0.1) is 0 Å². The highest BCUT2D eigenvalue weighted by molar-refractivity contribution is 6.42. The molecule has 1 aliphatic rings. The highest BCUT2D eigenvalue weighted by atomic mass is 35.5. The van der Waals surface area contributed by atoms with Gasteiger partial charge in [-0.1, -0.05) is 49.0 Å². The van der Waals surface area contributed by atoms with Crippen LogP contribution in [0, 0.1) is 11.8 Å². The van der Waals surface area contributed by atoms with Gasteiger partial charge in [0.05, 0.1) is 16.0 Å². The molecule has 0 aromatic heterocycles. The van der Waals surface area contributed by atoms with Crippen LogP contribution in [0.3, 0.4) is 0 Å². The monoisotopic (exact) mass is 369 g/mol. The summed E-state index contributed by atoms with van der Waals surface area (Å²) in [6.45, 7) is 5.05. The fraction of sp³-hybridized carbons (Fsp3) is 0.611.